The molecule has 0 unspecified atom stereocenters. The van der Waals surface area contributed by atoms with Crippen molar-refractivity contribution in [1.29, 1.82) is 0 Å². The Hall–Kier alpha value is -0.960. The second kappa shape index (κ2) is 8.16. The molecule has 0 aliphatic heterocycles. The topological polar surface area (TPSA) is 24.3 Å². The van der Waals surface area contributed by atoms with Gasteiger partial charge in [-0.2, -0.15) is 0 Å². The molecule has 1 heterocycles. The fourth-order valence-corrected chi connectivity index (χ4v) is 6.68. The zero-order chi connectivity index (χ0) is 18.9. The molecular weight excluding hydrogens is 327 g/mol. The maximum Gasteiger partial charge on any atom is 0.163 e. The number of fused-ring (bicyclic) bond motifs is 1. The molecule has 0 amide bonds. The average Bonchev–Trinajstić information content (AvgIpc) is 2.82. The Kier molecular flexibility index (Phi) is 6.64. The van der Waals surface area contributed by atoms with E-state index in [4.69, 9.17) is 4.98 Å². The third kappa shape index (κ3) is 4.07. The van der Waals surface area contributed by atoms with Gasteiger partial charge in [-0.1, -0.05) is 12.1 Å². The summed E-state index contributed by atoms with van der Waals surface area (Å²) in [5.74, 6) is 0. The number of aryl methyl sites for hydroxylation is 1. The van der Waals surface area contributed by atoms with E-state index in [2.05, 4.69) is 101 Å². The minimum Gasteiger partial charge on any atom is -0.325 e. The number of rotatable bonds is 7. The number of benzene rings is 1. The fraction of sp³-hybridized carbons (Fsp3) is 0.650. The maximum atomic E-state index is 5.09. The summed E-state index contributed by atoms with van der Waals surface area (Å²) in [6, 6.07) is 10.3. The van der Waals surface area contributed by atoms with Gasteiger partial charge in [0.05, 0.1) is 11.0 Å². The molecule has 0 spiro atoms. The standard InChI is InChI=1S/C20H35N4P/c1-14(2)23(15(3)4)25(24(16(5)6)17(7)8)20-21-18-12-10-11-13-19(18)22(20)9/h10-17H,1-9H3. The molecule has 0 bridgehead atoms. The second-order valence-electron chi connectivity index (χ2n) is 7.88. The number of imidazole rings is 1. The SMILES string of the molecule is CC(C)N(C(C)C)P(c1nc2ccccc2n1C)N(C(C)C)C(C)C. The van der Waals surface area contributed by atoms with Gasteiger partial charge in [-0.15, -0.1) is 0 Å². The average molecular weight is 363 g/mol. The van der Waals surface area contributed by atoms with Crippen LogP contribution in [0.1, 0.15) is 55.4 Å². The monoisotopic (exact) mass is 362 g/mol. The van der Waals surface area contributed by atoms with Gasteiger partial charge in [-0.25, -0.2) is 4.98 Å². The van der Waals surface area contributed by atoms with E-state index >= 15 is 0 Å². The van der Waals surface area contributed by atoms with Gasteiger partial charge >= 0.3 is 0 Å². The first kappa shape index (κ1) is 20.4. The van der Waals surface area contributed by atoms with Gasteiger partial charge in [0.25, 0.3) is 0 Å². The van der Waals surface area contributed by atoms with Crippen molar-refractivity contribution in [3.8, 4) is 0 Å². The Balaban J connectivity index is 2.70. The molecule has 4 nitrogen and oxygen atoms in total. The van der Waals surface area contributed by atoms with E-state index in [1.165, 1.54) is 11.1 Å². The molecule has 0 atom stereocenters. The highest BCUT2D eigenvalue weighted by atomic mass is 31.1. The van der Waals surface area contributed by atoms with Crippen LogP contribution >= 0.6 is 8.22 Å². The van der Waals surface area contributed by atoms with Crippen LogP contribution in [0.15, 0.2) is 24.3 Å². The molecule has 0 saturated heterocycles. The molecule has 0 aliphatic rings. The number of hydrogen-bond acceptors (Lipinski definition) is 3. The summed E-state index contributed by atoms with van der Waals surface area (Å²) < 4.78 is 7.60. The molecule has 0 radical (unpaired) electrons. The van der Waals surface area contributed by atoms with Crippen LogP contribution in [0.5, 0.6) is 0 Å². The van der Waals surface area contributed by atoms with Gasteiger partial charge in [0.1, 0.15) is 8.22 Å². The highest BCUT2D eigenvalue weighted by molar-refractivity contribution is 7.60. The summed E-state index contributed by atoms with van der Waals surface area (Å²) in [6.07, 6.45) is 0. The molecule has 1 aromatic heterocycles. The van der Waals surface area contributed by atoms with Crippen molar-refractivity contribution in [3.63, 3.8) is 0 Å². The molecule has 0 N–H and O–H groups in total. The van der Waals surface area contributed by atoms with E-state index < -0.39 is 8.22 Å². The molecule has 0 saturated carbocycles. The molecule has 140 valence electrons. The molecule has 2 rings (SSSR count). The molecule has 1 aromatic carbocycles. The molecule has 5 heteroatoms. The Bertz CT molecular complexity index is 654. The summed E-state index contributed by atoms with van der Waals surface area (Å²) in [5, 5.41) is 0. The van der Waals surface area contributed by atoms with Crippen LogP contribution in [-0.4, -0.2) is 43.1 Å². The minimum atomic E-state index is -0.690. The number of hydrogen-bond donors (Lipinski definition) is 0. The lowest BCUT2D eigenvalue weighted by Gasteiger charge is -2.46. The highest BCUT2D eigenvalue weighted by Gasteiger charge is 2.37. The summed E-state index contributed by atoms with van der Waals surface area (Å²) in [6.45, 7) is 18.4. The van der Waals surface area contributed by atoms with E-state index in [0.717, 1.165) is 5.52 Å². The van der Waals surface area contributed by atoms with Gasteiger partial charge in [0.2, 0.25) is 0 Å². The molecule has 25 heavy (non-hydrogen) atoms. The van der Waals surface area contributed by atoms with Crippen molar-refractivity contribution >= 4 is 24.8 Å². The van der Waals surface area contributed by atoms with Gasteiger partial charge in [0, 0.05) is 31.2 Å². The fourth-order valence-electron chi connectivity index (χ4n) is 3.71. The minimum absolute atomic E-state index is 0.464. The van der Waals surface area contributed by atoms with Crippen molar-refractivity contribution in [3.05, 3.63) is 24.3 Å². The van der Waals surface area contributed by atoms with Gasteiger partial charge in [-0.05, 0) is 67.5 Å². The van der Waals surface area contributed by atoms with Gasteiger partial charge in [0.15, 0.2) is 5.57 Å². The van der Waals surface area contributed by atoms with Crippen LogP contribution < -0.4 is 5.57 Å². The molecular formula is C20H35N4P. The quantitative estimate of drug-likeness (QED) is 0.665. The first-order chi connectivity index (χ1) is 11.7. The van der Waals surface area contributed by atoms with Crippen molar-refractivity contribution in [2.45, 2.75) is 79.6 Å². The summed E-state index contributed by atoms with van der Waals surface area (Å²) in [4.78, 5) is 5.09. The second-order valence-corrected chi connectivity index (χ2v) is 9.79. The highest BCUT2D eigenvalue weighted by Crippen LogP contribution is 2.48. The van der Waals surface area contributed by atoms with E-state index in [1.54, 1.807) is 0 Å². The summed E-state index contributed by atoms with van der Waals surface area (Å²) in [7, 11) is 1.47. The third-order valence-corrected chi connectivity index (χ3v) is 7.98. The van der Waals surface area contributed by atoms with E-state index in [9.17, 15) is 0 Å². The normalized spacial score (nSPS) is 13.1. The lowest BCUT2D eigenvalue weighted by Crippen LogP contribution is -2.47. The molecule has 2 aromatic rings. The predicted molar refractivity (Wildman–Crippen MR) is 111 cm³/mol. The first-order valence-electron chi connectivity index (χ1n) is 9.44. The molecule has 0 aliphatic carbocycles. The zero-order valence-electron chi connectivity index (χ0n) is 17.4. The van der Waals surface area contributed by atoms with Crippen molar-refractivity contribution in [1.82, 2.24) is 18.9 Å². The summed E-state index contributed by atoms with van der Waals surface area (Å²) >= 11 is 0. The maximum absolute atomic E-state index is 5.09. The van der Waals surface area contributed by atoms with Crippen molar-refractivity contribution < 1.29 is 0 Å². The van der Waals surface area contributed by atoms with Crippen LogP contribution in [0.3, 0.4) is 0 Å². The van der Waals surface area contributed by atoms with Gasteiger partial charge in [-0.3, -0.25) is 9.34 Å². The Labute approximate surface area is 155 Å². The van der Waals surface area contributed by atoms with Crippen LogP contribution in [0.4, 0.5) is 0 Å². The molecule has 0 fully saturated rings. The lowest BCUT2D eigenvalue weighted by molar-refractivity contribution is 0.260. The van der Waals surface area contributed by atoms with Crippen molar-refractivity contribution in [2.24, 2.45) is 7.05 Å². The Morgan fingerprint density at radius 2 is 1.24 bits per heavy atom. The smallest absolute Gasteiger partial charge is 0.163 e. The number of aromatic nitrogens is 2. The van der Waals surface area contributed by atoms with E-state index in [1.807, 2.05) is 0 Å². The Morgan fingerprint density at radius 1 is 0.800 bits per heavy atom. The zero-order valence-corrected chi connectivity index (χ0v) is 18.2. The summed E-state index contributed by atoms with van der Waals surface area (Å²) in [5.41, 5.74) is 3.50. The van der Waals surface area contributed by atoms with Crippen molar-refractivity contribution in [2.75, 3.05) is 0 Å². The lowest BCUT2D eigenvalue weighted by atomic mass is 10.3. The van der Waals surface area contributed by atoms with Gasteiger partial charge < -0.3 is 4.57 Å². The van der Waals surface area contributed by atoms with Crippen LogP contribution in [0.25, 0.3) is 11.0 Å². The Morgan fingerprint density at radius 3 is 1.64 bits per heavy atom. The predicted octanol–water partition coefficient (Wildman–Crippen LogP) is 4.75. The van der Waals surface area contributed by atoms with Crippen LogP contribution in [-0.2, 0) is 7.05 Å². The first-order valence-corrected chi connectivity index (χ1v) is 10.7. The number of nitrogens with zero attached hydrogens (tertiary/aromatic N) is 4. The largest absolute Gasteiger partial charge is 0.325 e. The van der Waals surface area contributed by atoms with E-state index in [-0.39, 0.29) is 0 Å². The van der Waals surface area contributed by atoms with E-state index in [0.29, 0.717) is 24.2 Å². The van der Waals surface area contributed by atoms with Crippen LogP contribution in [0.2, 0.25) is 0 Å². The van der Waals surface area contributed by atoms with Crippen LogP contribution in [0, 0.1) is 0 Å². The third-order valence-electron chi connectivity index (χ3n) is 4.50. The number of para-hydroxylation sites is 2.